The molecule has 0 spiro atoms. The zero-order valence-electron chi connectivity index (χ0n) is 8.77. The van der Waals surface area contributed by atoms with Crippen molar-refractivity contribution in [3.8, 4) is 5.95 Å². The van der Waals surface area contributed by atoms with E-state index in [-0.39, 0.29) is 12.4 Å². The topological polar surface area (TPSA) is 74.5 Å². The number of hydrogen-bond acceptors (Lipinski definition) is 4. The van der Waals surface area contributed by atoms with Crippen LogP contribution in [0.5, 0.6) is 0 Å². The highest BCUT2D eigenvalue weighted by Gasteiger charge is 2.11. The molecule has 0 unspecified atom stereocenters. The standard InChI is InChI=1S/C8H12N6.ClH/c1-5-4-6(2)14(12-5)8-11-10-7(3)13(8)9;/h4H,9H2,1-3H3;1H/p-1. The molecule has 2 N–H and O–H groups in total. The van der Waals surface area contributed by atoms with E-state index in [1.807, 2.05) is 19.9 Å². The van der Waals surface area contributed by atoms with Crippen molar-refractivity contribution in [1.29, 1.82) is 0 Å². The second-order valence-electron chi connectivity index (χ2n) is 3.26. The monoisotopic (exact) mass is 227 g/mol. The molecule has 82 valence electrons. The predicted octanol–water partition coefficient (Wildman–Crippen LogP) is -2.89. The molecule has 0 aliphatic heterocycles. The first-order valence-corrected chi connectivity index (χ1v) is 4.30. The molecular weight excluding hydrogens is 216 g/mol. The van der Waals surface area contributed by atoms with Crippen LogP contribution >= 0.6 is 0 Å². The van der Waals surface area contributed by atoms with Crippen LogP contribution in [0.4, 0.5) is 0 Å². The molecule has 2 aromatic heterocycles. The summed E-state index contributed by atoms with van der Waals surface area (Å²) in [7, 11) is 0. The number of nitrogen functional groups attached to an aromatic ring is 1. The number of nitrogens with two attached hydrogens (primary N) is 1. The normalized spacial score (nSPS) is 10.1. The zero-order chi connectivity index (χ0) is 10.3. The fourth-order valence-electron chi connectivity index (χ4n) is 1.33. The Labute approximate surface area is 93.5 Å². The van der Waals surface area contributed by atoms with Gasteiger partial charge < -0.3 is 18.2 Å². The summed E-state index contributed by atoms with van der Waals surface area (Å²) in [6.45, 7) is 5.67. The Morgan fingerprint density at radius 3 is 2.27 bits per heavy atom. The van der Waals surface area contributed by atoms with Crippen LogP contribution in [0.15, 0.2) is 6.07 Å². The van der Waals surface area contributed by atoms with Crippen molar-refractivity contribution in [3.05, 3.63) is 23.3 Å². The zero-order valence-corrected chi connectivity index (χ0v) is 9.52. The Bertz CT molecular complexity index is 471. The fourth-order valence-corrected chi connectivity index (χ4v) is 1.33. The van der Waals surface area contributed by atoms with Crippen LogP contribution in [-0.2, 0) is 0 Å². The number of nitrogens with zero attached hydrogens (tertiary/aromatic N) is 5. The van der Waals surface area contributed by atoms with Gasteiger partial charge in [0.2, 0.25) is 0 Å². The van der Waals surface area contributed by atoms with Crippen LogP contribution in [0.3, 0.4) is 0 Å². The van der Waals surface area contributed by atoms with E-state index in [0.717, 1.165) is 11.4 Å². The van der Waals surface area contributed by atoms with E-state index in [2.05, 4.69) is 15.3 Å². The van der Waals surface area contributed by atoms with Gasteiger partial charge in [0, 0.05) is 5.69 Å². The highest BCUT2D eigenvalue weighted by atomic mass is 35.5. The van der Waals surface area contributed by atoms with Crippen LogP contribution in [-0.4, -0.2) is 24.7 Å². The first-order valence-electron chi connectivity index (χ1n) is 4.30. The van der Waals surface area contributed by atoms with Crippen molar-refractivity contribution < 1.29 is 12.4 Å². The third kappa shape index (κ3) is 1.80. The summed E-state index contributed by atoms with van der Waals surface area (Å²) in [5.41, 5.74) is 1.92. The number of hydrogen-bond donors (Lipinski definition) is 1. The molecule has 0 bridgehead atoms. The molecule has 0 saturated heterocycles. The van der Waals surface area contributed by atoms with Crippen molar-refractivity contribution >= 4 is 0 Å². The fraction of sp³-hybridized carbons (Fsp3) is 0.375. The minimum absolute atomic E-state index is 0. The van der Waals surface area contributed by atoms with Gasteiger partial charge in [-0.2, -0.15) is 5.10 Å². The lowest BCUT2D eigenvalue weighted by atomic mass is 10.4. The van der Waals surface area contributed by atoms with Crippen LogP contribution in [0, 0.1) is 20.8 Å². The van der Waals surface area contributed by atoms with E-state index in [0.29, 0.717) is 11.8 Å². The Kier molecular flexibility index (Phi) is 2.99. The molecule has 0 amide bonds. The van der Waals surface area contributed by atoms with Crippen molar-refractivity contribution in [2.24, 2.45) is 0 Å². The summed E-state index contributed by atoms with van der Waals surface area (Å²) in [4.78, 5) is 0. The highest BCUT2D eigenvalue weighted by Crippen LogP contribution is 2.08. The van der Waals surface area contributed by atoms with Gasteiger partial charge in [-0.15, -0.1) is 10.2 Å². The SMILES string of the molecule is Cc1cc(C)n(-c2nnc(C)n2N)n1.[Cl-]. The first kappa shape index (κ1) is 11.5. The number of halogens is 1. The van der Waals surface area contributed by atoms with Crippen LogP contribution in [0.2, 0.25) is 0 Å². The molecule has 7 heteroatoms. The smallest absolute Gasteiger partial charge is 0.270 e. The number of aryl methyl sites for hydroxylation is 3. The van der Waals surface area contributed by atoms with E-state index >= 15 is 0 Å². The molecule has 0 aromatic carbocycles. The van der Waals surface area contributed by atoms with Gasteiger partial charge in [0.1, 0.15) is 0 Å². The Morgan fingerprint density at radius 1 is 1.20 bits per heavy atom. The van der Waals surface area contributed by atoms with E-state index in [4.69, 9.17) is 5.84 Å². The molecule has 0 saturated carbocycles. The predicted molar refractivity (Wildman–Crippen MR) is 51.5 cm³/mol. The molecule has 0 atom stereocenters. The van der Waals surface area contributed by atoms with Gasteiger partial charge in [-0.3, -0.25) is 0 Å². The maximum atomic E-state index is 5.74. The van der Waals surface area contributed by atoms with Gasteiger partial charge in [0.05, 0.1) is 5.69 Å². The minimum atomic E-state index is 0. The second-order valence-corrected chi connectivity index (χ2v) is 3.26. The lowest BCUT2D eigenvalue weighted by Gasteiger charge is -2.02. The Hall–Kier alpha value is -1.56. The molecule has 0 radical (unpaired) electrons. The van der Waals surface area contributed by atoms with Crippen LogP contribution in [0.25, 0.3) is 5.95 Å². The van der Waals surface area contributed by atoms with E-state index in [1.165, 1.54) is 4.68 Å². The molecular formula is C8H12ClN6-. The van der Waals surface area contributed by atoms with E-state index in [9.17, 15) is 0 Å². The van der Waals surface area contributed by atoms with Gasteiger partial charge in [0.25, 0.3) is 5.95 Å². The quantitative estimate of drug-likeness (QED) is 0.531. The third-order valence-corrected chi connectivity index (χ3v) is 2.05. The summed E-state index contributed by atoms with van der Waals surface area (Å²) in [5.74, 6) is 6.94. The van der Waals surface area contributed by atoms with Crippen molar-refractivity contribution in [1.82, 2.24) is 24.7 Å². The molecule has 15 heavy (non-hydrogen) atoms. The van der Waals surface area contributed by atoms with Gasteiger partial charge in [0.15, 0.2) is 5.82 Å². The molecule has 2 aromatic rings. The van der Waals surface area contributed by atoms with Gasteiger partial charge in [-0.1, -0.05) is 0 Å². The summed E-state index contributed by atoms with van der Waals surface area (Å²) in [6.07, 6.45) is 0. The average molecular weight is 228 g/mol. The van der Waals surface area contributed by atoms with Gasteiger partial charge >= 0.3 is 0 Å². The Balaban J connectivity index is 0.00000112. The average Bonchev–Trinajstić information content (AvgIpc) is 2.59. The molecule has 0 fully saturated rings. The van der Waals surface area contributed by atoms with Crippen LogP contribution in [0.1, 0.15) is 17.2 Å². The first-order chi connectivity index (χ1) is 6.59. The maximum absolute atomic E-state index is 5.74. The van der Waals surface area contributed by atoms with Crippen molar-refractivity contribution in [2.75, 3.05) is 5.84 Å². The summed E-state index contributed by atoms with van der Waals surface area (Å²) < 4.78 is 3.09. The summed E-state index contributed by atoms with van der Waals surface area (Å²) >= 11 is 0. The minimum Gasteiger partial charge on any atom is -1.00 e. The summed E-state index contributed by atoms with van der Waals surface area (Å²) in [5, 5.41) is 12.1. The molecule has 2 heterocycles. The Morgan fingerprint density at radius 2 is 1.87 bits per heavy atom. The highest BCUT2D eigenvalue weighted by molar-refractivity contribution is 5.19. The van der Waals surface area contributed by atoms with E-state index < -0.39 is 0 Å². The van der Waals surface area contributed by atoms with Crippen molar-refractivity contribution in [3.63, 3.8) is 0 Å². The number of rotatable bonds is 1. The van der Waals surface area contributed by atoms with Crippen molar-refractivity contribution in [2.45, 2.75) is 20.8 Å². The lowest BCUT2D eigenvalue weighted by molar-refractivity contribution is -0.00000342. The summed E-state index contributed by atoms with van der Waals surface area (Å²) in [6, 6.07) is 1.96. The van der Waals surface area contributed by atoms with Gasteiger partial charge in [-0.25, -0.2) is 9.36 Å². The number of aromatic nitrogens is 5. The molecule has 2 rings (SSSR count). The third-order valence-electron chi connectivity index (χ3n) is 2.05. The largest absolute Gasteiger partial charge is 1.00 e. The molecule has 6 nitrogen and oxygen atoms in total. The van der Waals surface area contributed by atoms with Crippen LogP contribution < -0.4 is 18.2 Å². The molecule has 0 aliphatic carbocycles. The maximum Gasteiger partial charge on any atom is 0.270 e. The van der Waals surface area contributed by atoms with E-state index in [1.54, 1.807) is 11.6 Å². The van der Waals surface area contributed by atoms with Gasteiger partial charge in [-0.05, 0) is 26.8 Å². The lowest BCUT2D eigenvalue weighted by Crippen LogP contribution is -3.00. The second kappa shape index (κ2) is 3.90. The molecule has 0 aliphatic rings.